The lowest BCUT2D eigenvalue weighted by Gasteiger charge is -2.19. The summed E-state index contributed by atoms with van der Waals surface area (Å²) in [6.07, 6.45) is 6.12. The maximum Gasteiger partial charge on any atom is 0.253 e. The smallest absolute Gasteiger partial charge is 0.253 e. The van der Waals surface area contributed by atoms with Gasteiger partial charge in [0.15, 0.2) is 0 Å². The summed E-state index contributed by atoms with van der Waals surface area (Å²) in [7, 11) is 0.252. The summed E-state index contributed by atoms with van der Waals surface area (Å²) in [6, 6.07) is 14.7. The van der Waals surface area contributed by atoms with Crippen LogP contribution in [0.15, 0.2) is 48.5 Å². The lowest BCUT2D eigenvalue weighted by molar-refractivity contribution is 0.0951. The Bertz CT molecular complexity index is 928. The Balaban J connectivity index is 2.03. The third-order valence-corrected chi connectivity index (χ3v) is 6.43. The van der Waals surface area contributed by atoms with Crippen LogP contribution in [-0.2, 0) is 16.6 Å². The molecule has 0 heterocycles. The molecule has 0 fully saturated rings. The molecule has 0 radical (unpaired) electrons. The molecule has 0 atom stereocenters. The fraction of sp³-hybridized carbons (Fsp3) is 0.458. The Morgan fingerprint density at radius 2 is 1.61 bits per heavy atom. The molecule has 0 unspecified atom stereocenters. The molecule has 6 nitrogen and oxygen atoms in total. The number of carbonyl (C=O) groups excluding carboxylic acids is 1. The summed E-state index contributed by atoms with van der Waals surface area (Å²) >= 11 is 0. The summed E-state index contributed by atoms with van der Waals surface area (Å²) in [6.45, 7) is 2.56. The number of nitrogens with zero attached hydrogens (tertiary/aromatic N) is 1. The molecule has 0 aliphatic carbocycles. The highest BCUT2D eigenvalue weighted by Gasteiger charge is 2.16. The number of rotatable bonds is 13. The van der Waals surface area contributed by atoms with Gasteiger partial charge in [0, 0.05) is 32.0 Å². The predicted octanol–water partition coefficient (Wildman–Crippen LogP) is 4.78. The zero-order valence-corrected chi connectivity index (χ0v) is 19.7. The van der Waals surface area contributed by atoms with Crippen molar-refractivity contribution in [2.75, 3.05) is 29.5 Å². The van der Waals surface area contributed by atoms with E-state index in [0.29, 0.717) is 24.2 Å². The summed E-state index contributed by atoms with van der Waals surface area (Å²) in [5.74, 6) is -0.158. The largest absolute Gasteiger partial charge is 0.377 e. The molecule has 0 spiro atoms. The molecule has 0 aliphatic rings. The molecule has 0 aromatic heterocycles. The first-order valence-electron chi connectivity index (χ1n) is 11.0. The van der Waals surface area contributed by atoms with Crippen LogP contribution in [0.2, 0.25) is 0 Å². The van der Waals surface area contributed by atoms with Crippen molar-refractivity contribution in [3.63, 3.8) is 0 Å². The van der Waals surface area contributed by atoms with Crippen LogP contribution in [0.1, 0.15) is 61.4 Å². The number of benzene rings is 2. The van der Waals surface area contributed by atoms with Crippen LogP contribution in [0.4, 0.5) is 11.4 Å². The van der Waals surface area contributed by atoms with Gasteiger partial charge in [0.05, 0.1) is 11.3 Å². The average molecular weight is 446 g/mol. The van der Waals surface area contributed by atoms with Gasteiger partial charge in [0.1, 0.15) is 0 Å². The predicted molar refractivity (Wildman–Crippen MR) is 129 cm³/mol. The Morgan fingerprint density at radius 3 is 2.29 bits per heavy atom. The summed E-state index contributed by atoms with van der Waals surface area (Å²) in [5.41, 5.74) is 2.56. The van der Waals surface area contributed by atoms with E-state index in [0.717, 1.165) is 30.5 Å². The lowest BCUT2D eigenvalue weighted by atomic mass is 10.1. The van der Waals surface area contributed by atoms with Crippen molar-refractivity contribution < 1.29 is 13.2 Å². The van der Waals surface area contributed by atoms with Gasteiger partial charge in [-0.1, -0.05) is 69.4 Å². The van der Waals surface area contributed by atoms with Crippen LogP contribution < -0.4 is 14.9 Å². The van der Waals surface area contributed by atoms with E-state index < -0.39 is 10.0 Å². The molecule has 31 heavy (non-hydrogen) atoms. The van der Waals surface area contributed by atoms with Crippen LogP contribution in [0.3, 0.4) is 0 Å². The zero-order chi connectivity index (χ0) is 22.7. The van der Waals surface area contributed by atoms with E-state index in [1.165, 1.54) is 12.8 Å². The fourth-order valence-corrected chi connectivity index (χ4v) is 4.52. The van der Waals surface area contributed by atoms with Gasteiger partial charge in [0.25, 0.3) is 5.91 Å². The third kappa shape index (κ3) is 8.61. The second-order valence-corrected chi connectivity index (χ2v) is 9.83. The van der Waals surface area contributed by atoms with Crippen LogP contribution in [0.5, 0.6) is 0 Å². The first-order chi connectivity index (χ1) is 14.8. The number of sulfonamides is 1. The quantitative estimate of drug-likeness (QED) is 0.435. The molecule has 2 rings (SSSR count). The highest BCUT2D eigenvalue weighted by atomic mass is 32.2. The van der Waals surface area contributed by atoms with Gasteiger partial charge in [-0.15, -0.1) is 0 Å². The van der Waals surface area contributed by atoms with Gasteiger partial charge in [-0.25, -0.2) is 8.42 Å². The van der Waals surface area contributed by atoms with Crippen molar-refractivity contribution in [2.24, 2.45) is 0 Å². The van der Waals surface area contributed by atoms with Crippen molar-refractivity contribution in [2.45, 2.75) is 52.0 Å². The molecule has 0 bridgehead atoms. The van der Waals surface area contributed by atoms with E-state index in [9.17, 15) is 13.2 Å². The van der Waals surface area contributed by atoms with Crippen molar-refractivity contribution in [3.05, 3.63) is 59.7 Å². The standard InChI is InChI=1S/C24H35N3O3S/c1-4-5-6-7-8-12-17-31(29,30)26-21-15-16-23(27(2)3)22(18-21)24(28)25-19-20-13-10-9-11-14-20/h9-11,13-16,18,26H,4-8,12,17,19H2,1-3H3,(H,25,28). The highest BCUT2D eigenvalue weighted by molar-refractivity contribution is 7.92. The zero-order valence-electron chi connectivity index (χ0n) is 18.9. The molecule has 170 valence electrons. The highest BCUT2D eigenvalue weighted by Crippen LogP contribution is 2.24. The van der Waals surface area contributed by atoms with E-state index in [4.69, 9.17) is 0 Å². The van der Waals surface area contributed by atoms with E-state index in [1.807, 2.05) is 49.3 Å². The molecule has 2 N–H and O–H groups in total. The first-order valence-corrected chi connectivity index (χ1v) is 12.6. The minimum absolute atomic E-state index is 0.0874. The number of unbranched alkanes of at least 4 members (excludes halogenated alkanes) is 5. The minimum atomic E-state index is -3.45. The molecule has 7 heteroatoms. The molecule has 1 amide bonds. The lowest BCUT2D eigenvalue weighted by Crippen LogP contribution is -2.26. The van der Waals surface area contributed by atoms with Gasteiger partial charge in [-0.05, 0) is 30.2 Å². The van der Waals surface area contributed by atoms with Gasteiger partial charge in [-0.2, -0.15) is 0 Å². The summed E-state index contributed by atoms with van der Waals surface area (Å²) < 4.78 is 27.6. The number of hydrogen-bond acceptors (Lipinski definition) is 4. The normalized spacial score (nSPS) is 11.2. The number of nitrogens with one attached hydrogen (secondary N) is 2. The number of amides is 1. The van der Waals surface area contributed by atoms with Crippen LogP contribution >= 0.6 is 0 Å². The number of anilines is 2. The van der Waals surface area contributed by atoms with Crippen molar-refractivity contribution in [3.8, 4) is 0 Å². The van der Waals surface area contributed by atoms with E-state index in [-0.39, 0.29) is 11.7 Å². The molecular formula is C24H35N3O3S. The van der Waals surface area contributed by atoms with Crippen LogP contribution in [-0.4, -0.2) is 34.2 Å². The molecule has 0 saturated carbocycles. The monoisotopic (exact) mass is 445 g/mol. The van der Waals surface area contributed by atoms with Gasteiger partial charge in [0.2, 0.25) is 10.0 Å². The molecule has 2 aromatic rings. The molecular weight excluding hydrogens is 410 g/mol. The summed E-state index contributed by atoms with van der Waals surface area (Å²) in [5, 5.41) is 2.92. The van der Waals surface area contributed by atoms with E-state index in [1.54, 1.807) is 18.2 Å². The number of carbonyl (C=O) groups is 1. The summed E-state index contributed by atoms with van der Waals surface area (Å²) in [4.78, 5) is 14.7. The van der Waals surface area contributed by atoms with Gasteiger partial charge < -0.3 is 10.2 Å². The topological polar surface area (TPSA) is 78.5 Å². The Morgan fingerprint density at radius 1 is 0.935 bits per heavy atom. The Hall–Kier alpha value is -2.54. The molecule has 2 aromatic carbocycles. The molecule has 0 saturated heterocycles. The number of hydrogen-bond donors (Lipinski definition) is 2. The first kappa shape index (κ1) is 24.7. The Labute approximate surface area is 187 Å². The maximum absolute atomic E-state index is 12.8. The maximum atomic E-state index is 12.8. The molecule has 0 aliphatic heterocycles. The van der Waals surface area contributed by atoms with Crippen molar-refractivity contribution in [1.29, 1.82) is 0 Å². The SMILES string of the molecule is CCCCCCCCS(=O)(=O)Nc1ccc(N(C)C)c(C(=O)NCc2ccccc2)c1. The fourth-order valence-electron chi connectivity index (χ4n) is 3.35. The Kier molecular flexibility index (Phi) is 9.85. The van der Waals surface area contributed by atoms with Crippen LogP contribution in [0, 0.1) is 0 Å². The van der Waals surface area contributed by atoms with E-state index in [2.05, 4.69) is 17.0 Å². The van der Waals surface area contributed by atoms with Crippen molar-refractivity contribution >= 4 is 27.3 Å². The second kappa shape index (κ2) is 12.3. The van der Waals surface area contributed by atoms with Crippen LogP contribution in [0.25, 0.3) is 0 Å². The average Bonchev–Trinajstić information content (AvgIpc) is 2.74. The third-order valence-electron chi connectivity index (χ3n) is 5.06. The van der Waals surface area contributed by atoms with Gasteiger partial charge >= 0.3 is 0 Å². The second-order valence-electron chi connectivity index (χ2n) is 7.98. The van der Waals surface area contributed by atoms with Crippen molar-refractivity contribution in [1.82, 2.24) is 5.32 Å². The van der Waals surface area contributed by atoms with Gasteiger partial charge in [-0.3, -0.25) is 9.52 Å². The minimum Gasteiger partial charge on any atom is -0.377 e. The van der Waals surface area contributed by atoms with E-state index >= 15 is 0 Å².